The lowest BCUT2D eigenvalue weighted by Crippen LogP contribution is -2.34. The Bertz CT molecular complexity index is 3290. The zero-order valence-corrected chi connectivity index (χ0v) is 30.2. The minimum atomic E-state index is -0.549. The van der Waals surface area contributed by atoms with Crippen LogP contribution in [0.25, 0.3) is 76.9 Å². The second-order valence-electron chi connectivity index (χ2n) is 14.8. The third kappa shape index (κ3) is 4.46. The molecule has 0 saturated heterocycles. The molecular weight excluding hydrogens is 685 g/mol. The fourth-order valence-electron chi connectivity index (χ4n) is 9.27. The van der Waals surface area contributed by atoms with Crippen molar-refractivity contribution in [2.24, 2.45) is 0 Å². The summed E-state index contributed by atoms with van der Waals surface area (Å²) in [7, 11) is 0. The lowest BCUT2D eigenvalue weighted by molar-refractivity contribution is 0.435. The van der Waals surface area contributed by atoms with Gasteiger partial charge in [0.1, 0.15) is 33.8 Å². The molecule has 11 aromatic rings. The van der Waals surface area contributed by atoms with E-state index in [0.717, 1.165) is 88.8 Å². The van der Waals surface area contributed by atoms with Gasteiger partial charge in [0.05, 0.1) is 5.41 Å². The summed E-state index contributed by atoms with van der Waals surface area (Å²) in [5.41, 5.74) is 11.9. The van der Waals surface area contributed by atoms with E-state index in [-0.39, 0.29) is 0 Å². The molecule has 12 rings (SSSR count). The van der Waals surface area contributed by atoms with Crippen molar-refractivity contribution in [2.45, 2.75) is 5.41 Å². The highest BCUT2D eigenvalue weighted by atomic mass is 16.5. The van der Waals surface area contributed by atoms with Crippen LogP contribution in [0.15, 0.2) is 203 Å². The second-order valence-corrected chi connectivity index (χ2v) is 14.8. The Balaban J connectivity index is 0.979. The summed E-state index contributed by atoms with van der Waals surface area (Å²) in [6, 6.07) is 68.9. The van der Waals surface area contributed by atoms with Crippen molar-refractivity contribution < 1.29 is 13.6 Å². The lowest BCUT2D eigenvalue weighted by Gasteiger charge is -2.41. The molecule has 0 bridgehead atoms. The first-order valence-corrected chi connectivity index (χ1v) is 19.1. The van der Waals surface area contributed by atoms with E-state index >= 15 is 0 Å². The van der Waals surface area contributed by atoms with Gasteiger partial charge in [-0.1, -0.05) is 140 Å². The molecule has 56 heavy (non-hydrogen) atoms. The molecular formula is C53H32O3. The van der Waals surface area contributed by atoms with Crippen molar-refractivity contribution in [3.8, 4) is 33.8 Å². The molecule has 262 valence electrons. The third-order valence-corrected chi connectivity index (χ3v) is 11.8. The van der Waals surface area contributed by atoms with Crippen LogP contribution in [0.4, 0.5) is 0 Å². The van der Waals surface area contributed by atoms with Crippen LogP contribution in [-0.4, -0.2) is 0 Å². The summed E-state index contributed by atoms with van der Waals surface area (Å²) >= 11 is 0. The Morgan fingerprint density at radius 2 is 0.911 bits per heavy atom. The van der Waals surface area contributed by atoms with Gasteiger partial charge in [0.2, 0.25) is 0 Å². The van der Waals surface area contributed by atoms with Crippen molar-refractivity contribution in [1.29, 1.82) is 0 Å². The van der Waals surface area contributed by atoms with Crippen molar-refractivity contribution in [2.75, 3.05) is 0 Å². The van der Waals surface area contributed by atoms with Gasteiger partial charge in [-0.05, 0) is 98.8 Å². The van der Waals surface area contributed by atoms with Crippen LogP contribution in [-0.2, 0) is 5.41 Å². The first-order valence-electron chi connectivity index (χ1n) is 19.1. The molecule has 0 aliphatic carbocycles. The molecule has 0 N–H and O–H groups in total. The standard InChI is InChI=1S/C53H32O3/c1-3-14-38(15-4-1)53(39-16-5-2-6-17-39)44-19-9-10-20-46(44)54-51-31-36(24-27-45(51)53)35-22-25-41-42-26-23-37(32-49(42)56-48(41)30-35)40-18-11-21-47-52(40)43-28-33-12-7-8-13-34(33)29-50(43)55-47/h1-32H. The highest BCUT2D eigenvalue weighted by Crippen LogP contribution is 2.56. The molecule has 0 radical (unpaired) electrons. The normalized spacial score (nSPS) is 13.3. The van der Waals surface area contributed by atoms with E-state index in [9.17, 15) is 0 Å². The van der Waals surface area contributed by atoms with Crippen LogP contribution in [0.3, 0.4) is 0 Å². The minimum absolute atomic E-state index is 0.549. The maximum absolute atomic E-state index is 6.77. The van der Waals surface area contributed by atoms with Crippen LogP contribution < -0.4 is 4.74 Å². The Morgan fingerprint density at radius 3 is 1.68 bits per heavy atom. The third-order valence-electron chi connectivity index (χ3n) is 11.8. The highest BCUT2D eigenvalue weighted by Gasteiger charge is 2.45. The van der Waals surface area contributed by atoms with E-state index < -0.39 is 5.41 Å². The predicted molar refractivity (Wildman–Crippen MR) is 228 cm³/mol. The molecule has 1 aliphatic rings. The van der Waals surface area contributed by atoms with Crippen molar-refractivity contribution in [1.82, 2.24) is 0 Å². The Morgan fingerprint density at radius 1 is 0.339 bits per heavy atom. The number of fused-ring (bicyclic) bond motifs is 9. The fourth-order valence-corrected chi connectivity index (χ4v) is 9.27. The number of rotatable bonds is 4. The largest absolute Gasteiger partial charge is 0.457 e. The van der Waals surface area contributed by atoms with Gasteiger partial charge in [0.25, 0.3) is 0 Å². The number of ether oxygens (including phenoxy) is 1. The quantitative estimate of drug-likeness (QED) is 0.182. The Hall–Kier alpha value is -7.36. The topological polar surface area (TPSA) is 35.5 Å². The molecule has 0 unspecified atom stereocenters. The van der Waals surface area contributed by atoms with Crippen molar-refractivity contribution >= 4 is 54.6 Å². The van der Waals surface area contributed by atoms with E-state index in [2.05, 4.69) is 194 Å². The molecule has 0 fully saturated rings. The van der Waals surface area contributed by atoms with Gasteiger partial charge in [0, 0.05) is 32.7 Å². The summed E-state index contributed by atoms with van der Waals surface area (Å²) in [6.07, 6.45) is 0. The Kier molecular flexibility index (Phi) is 6.55. The average molecular weight is 717 g/mol. The number of hydrogen-bond donors (Lipinski definition) is 0. The molecule has 2 aromatic heterocycles. The van der Waals surface area contributed by atoms with Crippen LogP contribution in [0.5, 0.6) is 11.5 Å². The lowest BCUT2D eigenvalue weighted by atomic mass is 9.63. The number of furan rings is 2. The summed E-state index contributed by atoms with van der Waals surface area (Å²) in [5, 5.41) is 6.78. The average Bonchev–Trinajstić information content (AvgIpc) is 3.82. The fraction of sp³-hybridized carbons (Fsp3) is 0.0189. The smallest absolute Gasteiger partial charge is 0.136 e. The van der Waals surface area contributed by atoms with E-state index in [1.807, 2.05) is 0 Å². The maximum Gasteiger partial charge on any atom is 0.136 e. The van der Waals surface area contributed by atoms with Gasteiger partial charge in [-0.2, -0.15) is 0 Å². The van der Waals surface area contributed by atoms with E-state index in [0.29, 0.717) is 0 Å². The molecule has 0 saturated carbocycles. The summed E-state index contributed by atoms with van der Waals surface area (Å²) < 4.78 is 19.8. The van der Waals surface area contributed by atoms with E-state index in [1.54, 1.807) is 0 Å². The van der Waals surface area contributed by atoms with E-state index in [1.165, 1.54) is 21.9 Å². The molecule has 3 heteroatoms. The summed E-state index contributed by atoms with van der Waals surface area (Å²) in [6.45, 7) is 0. The molecule has 0 amide bonds. The first-order chi connectivity index (χ1) is 27.7. The maximum atomic E-state index is 6.77. The minimum Gasteiger partial charge on any atom is -0.457 e. The molecule has 0 atom stereocenters. The van der Waals surface area contributed by atoms with Gasteiger partial charge in [-0.25, -0.2) is 0 Å². The van der Waals surface area contributed by atoms with Crippen molar-refractivity contribution in [3.63, 3.8) is 0 Å². The Labute approximate surface area is 322 Å². The van der Waals surface area contributed by atoms with Gasteiger partial charge < -0.3 is 13.6 Å². The SMILES string of the molecule is c1ccc(C2(c3ccccc3)c3ccccc3Oc3cc(-c4ccc5c(c4)oc4cc(-c6cccc7oc8cc9ccccc9cc8c67)ccc45)ccc32)cc1. The second kappa shape index (κ2) is 11.8. The number of para-hydroxylation sites is 1. The zero-order chi connectivity index (χ0) is 36.8. The predicted octanol–water partition coefficient (Wildman–Crippen LogP) is 14.5. The number of hydrogen-bond acceptors (Lipinski definition) is 3. The van der Waals surface area contributed by atoms with Crippen LogP contribution in [0.1, 0.15) is 22.3 Å². The van der Waals surface area contributed by atoms with Crippen LogP contribution in [0, 0.1) is 0 Å². The van der Waals surface area contributed by atoms with Gasteiger partial charge >= 0.3 is 0 Å². The van der Waals surface area contributed by atoms with E-state index in [4.69, 9.17) is 13.6 Å². The van der Waals surface area contributed by atoms with Crippen LogP contribution in [0.2, 0.25) is 0 Å². The van der Waals surface area contributed by atoms with Crippen LogP contribution >= 0.6 is 0 Å². The molecule has 0 spiro atoms. The molecule has 1 aliphatic heterocycles. The summed E-state index contributed by atoms with van der Waals surface area (Å²) in [4.78, 5) is 0. The summed E-state index contributed by atoms with van der Waals surface area (Å²) in [5.74, 6) is 1.71. The highest BCUT2D eigenvalue weighted by molar-refractivity contribution is 6.16. The molecule has 3 heterocycles. The number of benzene rings is 9. The molecule has 3 nitrogen and oxygen atoms in total. The first kappa shape index (κ1) is 31.0. The monoisotopic (exact) mass is 716 g/mol. The van der Waals surface area contributed by atoms with Gasteiger partial charge in [-0.15, -0.1) is 0 Å². The zero-order valence-electron chi connectivity index (χ0n) is 30.2. The van der Waals surface area contributed by atoms with Gasteiger partial charge in [0.15, 0.2) is 0 Å². The van der Waals surface area contributed by atoms with Gasteiger partial charge in [-0.3, -0.25) is 0 Å². The van der Waals surface area contributed by atoms with Crippen molar-refractivity contribution in [3.05, 3.63) is 216 Å². The molecule has 9 aromatic carbocycles.